The number of carbonyl (C=O) groups excluding carboxylic acids is 1. The van der Waals surface area contributed by atoms with Crippen LogP contribution < -0.4 is 0 Å². The number of aromatic carboxylic acids is 1. The second-order valence-electron chi connectivity index (χ2n) is 8.19. The second-order valence-corrected chi connectivity index (χ2v) is 9.78. The fraction of sp³-hybridized carbons (Fsp3) is 0.200. The zero-order chi connectivity index (χ0) is 24.4. The van der Waals surface area contributed by atoms with Crippen molar-refractivity contribution in [2.24, 2.45) is 0 Å². The molecule has 0 amide bonds. The Kier molecular flexibility index (Phi) is 5.57. The average Bonchev–Trinajstić information content (AvgIpc) is 3.02. The maximum absolute atomic E-state index is 13.2. The number of aryl methyl sites for hydroxylation is 2. The van der Waals surface area contributed by atoms with Gasteiger partial charge < -0.3 is 20.1 Å². The quantitative estimate of drug-likeness (QED) is 0.330. The summed E-state index contributed by atoms with van der Waals surface area (Å²) in [6, 6.07) is 7.54. The van der Waals surface area contributed by atoms with E-state index < -0.39 is 17.5 Å². The third kappa shape index (κ3) is 3.27. The molecule has 1 aliphatic heterocycles. The summed E-state index contributed by atoms with van der Waals surface area (Å²) in [5.41, 5.74) is 2.75. The van der Waals surface area contributed by atoms with Gasteiger partial charge in [0.1, 0.15) is 11.5 Å². The minimum absolute atomic E-state index is 0.0307. The monoisotopic (exact) mass is 574 g/mol. The van der Waals surface area contributed by atoms with Crippen LogP contribution in [0.15, 0.2) is 39.3 Å². The molecule has 3 aromatic carbocycles. The lowest BCUT2D eigenvalue weighted by Gasteiger charge is -2.35. The van der Waals surface area contributed by atoms with Gasteiger partial charge in [0.05, 0.1) is 11.1 Å². The van der Waals surface area contributed by atoms with Crippen LogP contribution in [0.2, 0.25) is 0 Å². The lowest BCUT2D eigenvalue weighted by molar-refractivity contribution is 0.0243. The van der Waals surface area contributed by atoms with Crippen molar-refractivity contribution in [3.63, 3.8) is 0 Å². The number of phenols is 2. The van der Waals surface area contributed by atoms with Crippen LogP contribution >= 0.6 is 31.9 Å². The van der Waals surface area contributed by atoms with E-state index in [4.69, 9.17) is 4.74 Å². The van der Waals surface area contributed by atoms with Gasteiger partial charge in [0, 0.05) is 36.8 Å². The number of carbonyl (C=O) groups is 2. The van der Waals surface area contributed by atoms with Gasteiger partial charge in [-0.15, -0.1) is 0 Å². The van der Waals surface area contributed by atoms with Crippen molar-refractivity contribution in [2.45, 2.75) is 33.3 Å². The Morgan fingerprint density at radius 3 is 1.82 bits per heavy atom. The van der Waals surface area contributed by atoms with Crippen LogP contribution in [0.1, 0.15) is 59.7 Å². The summed E-state index contributed by atoms with van der Waals surface area (Å²) >= 11 is 7.21. The fourth-order valence-corrected chi connectivity index (χ4v) is 6.07. The number of aromatic hydroxyl groups is 2. The van der Waals surface area contributed by atoms with Crippen molar-refractivity contribution in [1.29, 1.82) is 0 Å². The van der Waals surface area contributed by atoms with Gasteiger partial charge in [0.15, 0.2) is 5.60 Å². The minimum atomic E-state index is -1.47. The minimum Gasteiger partial charge on any atom is -0.508 e. The Bertz CT molecular complexity index is 1310. The summed E-state index contributed by atoms with van der Waals surface area (Å²) in [5, 5.41) is 30.2. The maximum Gasteiger partial charge on any atom is 0.340 e. The van der Waals surface area contributed by atoms with E-state index in [0.717, 1.165) is 0 Å². The summed E-state index contributed by atoms with van der Waals surface area (Å²) < 4.78 is 7.30. The maximum atomic E-state index is 13.2. The highest BCUT2D eigenvalue weighted by atomic mass is 79.9. The first kappa shape index (κ1) is 23.3. The number of hydrogen-bond acceptors (Lipinski definition) is 5. The molecule has 0 aliphatic carbocycles. The van der Waals surface area contributed by atoms with Gasteiger partial charge >= 0.3 is 11.9 Å². The van der Waals surface area contributed by atoms with E-state index in [1.54, 1.807) is 45.9 Å². The number of hydrogen-bond donors (Lipinski definition) is 3. The van der Waals surface area contributed by atoms with Crippen LogP contribution in [-0.2, 0) is 10.3 Å². The van der Waals surface area contributed by atoms with Gasteiger partial charge in [-0.25, -0.2) is 9.59 Å². The summed E-state index contributed by atoms with van der Waals surface area (Å²) in [7, 11) is 0. The molecule has 0 spiro atoms. The molecule has 0 atom stereocenters. The van der Waals surface area contributed by atoms with Crippen molar-refractivity contribution >= 4 is 43.8 Å². The topological polar surface area (TPSA) is 104 Å². The molecule has 1 heterocycles. The van der Waals surface area contributed by atoms with E-state index in [1.807, 2.05) is 0 Å². The van der Waals surface area contributed by atoms with Crippen molar-refractivity contribution in [3.8, 4) is 11.5 Å². The van der Waals surface area contributed by atoms with Gasteiger partial charge in [-0.05, 0) is 94.9 Å². The molecule has 0 saturated carbocycles. The third-order valence-corrected chi connectivity index (χ3v) is 8.16. The van der Waals surface area contributed by atoms with Crippen molar-refractivity contribution in [2.75, 3.05) is 0 Å². The molecule has 0 saturated heterocycles. The number of phenolic OH excluding ortho intramolecular Hbond substituents is 2. The number of esters is 1. The summed E-state index contributed by atoms with van der Waals surface area (Å²) in [6.45, 7) is 7.08. The lowest BCUT2D eigenvalue weighted by atomic mass is 9.75. The van der Waals surface area contributed by atoms with E-state index in [-0.39, 0.29) is 22.6 Å². The van der Waals surface area contributed by atoms with Crippen LogP contribution in [0.4, 0.5) is 0 Å². The smallest absolute Gasteiger partial charge is 0.340 e. The van der Waals surface area contributed by atoms with Gasteiger partial charge in [-0.3, -0.25) is 0 Å². The normalized spacial score (nSPS) is 14.2. The second kappa shape index (κ2) is 7.88. The number of rotatable bonds is 3. The van der Waals surface area contributed by atoms with Crippen LogP contribution in [-0.4, -0.2) is 27.3 Å². The highest BCUT2D eigenvalue weighted by Crippen LogP contribution is 2.55. The number of ether oxygens (including phenoxy) is 1. The predicted molar refractivity (Wildman–Crippen MR) is 129 cm³/mol. The molecule has 1 aliphatic rings. The molecular weight excluding hydrogens is 556 g/mol. The fourth-order valence-electron chi connectivity index (χ4n) is 4.48. The molecule has 0 radical (unpaired) electrons. The van der Waals surface area contributed by atoms with E-state index in [1.165, 1.54) is 12.1 Å². The molecule has 8 heteroatoms. The zero-order valence-corrected chi connectivity index (χ0v) is 21.4. The first-order valence-electron chi connectivity index (χ1n) is 10.0. The molecule has 0 aromatic heterocycles. The Morgan fingerprint density at radius 2 is 1.36 bits per heavy atom. The van der Waals surface area contributed by atoms with Crippen LogP contribution in [0.3, 0.4) is 0 Å². The molecule has 3 N–H and O–H groups in total. The number of cyclic esters (lactones) is 1. The summed E-state index contributed by atoms with van der Waals surface area (Å²) in [5.74, 6) is -1.65. The third-order valence-electron chi connectivity index (χ3n) is 6.18. The molecule has 6 nitrogen and oxygen atoms in total. The molecular formula is C25H20Br2O6. The van der Waals surface area contributed by atoms with Crippen LogP contribution in [0, 0.1) is 27.7 Å². The average molecular weight is 576 g/mol. The summed E-state index contributed by atoms with van der Waals surface area (Å²) in [4.78, 5) is 24.8. The van der Waals surface area contributed by atoms with Crippen molar-refractivity contribution < 1.29 is 29.6 Å². The van der Waals surface area contributed by atoms with Crippen molar-refractivity contribution in [1.82, 2.24) is 0 Å². The summed E-state index contributed by atoms with van der Waals surface area (Å²) in [6.07, 6.45) is 0. The number of benzene rings is 3. The first-order valence-corrected chi connectivity index (χ1v) is 11.6. The number of carboxylic acid groups (broad SMARTS) is 1. The van der Waals surface area contributed by atoms with Gasteiger partial charge in [-0.1, -0.05) is 6.07 Å². The number of halogens is 2. The van der Waals surface area contributed by atoms with Crippen LogP contribution in [0.5, 0.6) is 11.5 Å². The van der Waals surface area contributed by atoms with Crippen molar-refractivity contribution in [3.05, 3.63) is 89.3 Å². The van der Waals surface area contributed by atoms with Gasteiger partial charge in [0.25, 0.3) is 0 Å². The van der Waals surface area contributed by atoms with E-state index in [0.29, 0.717) is 47.9 Å². The highest BCUT2D eigenvalue weighted by molar-refractivity contribution is 9.11. The molecule has 0 unspecified atom stereocenters. The lowest BCUT2D eigenvalue weighted by Crippen LogP contribution is -2.33. The predicted octanol–water partition coefficient (Wildman–Crippen LogP) is 6.02. The largest absolute Gasteiger partial charge is 0.508 e. The molecule has 4 rings (SSSR count). The Labute approximate surface area is 207 Å². The Morgan fingerprint density at radius 1 is 0.879 bits per heavy atom. The van der Waals surface area contributed by atoms with Crippen LogP contribution in [0.25, 0.3) is 0 Å². The molecule has 3 aromatic rings. The van der Waals surface area contributed by atoms with Gasteiger partial charge in [0.2, 0.25) is 0 Å². The Balaban J connectivity index is 2.23. The SMILES string of the molecule is Cc1cc(O)c(C)c(Br)c1C1(c2c(C)cc(O)c(C)c2Br)OC(=O)c2cc(C(=O)O)ccc21. The van der Waals surface area contributed by atoms with E-state index >= 15 is 0 Å². The number of fused-ring (bicyclic) bond motifs is 1. The van der Waals surface area contributed by atoms with E-state index in [9.17, 15) is 24.9 Å². The molecule has 33 heavy (non-hydrogen) atoms. The first-order chi connectivity index (χ1) is 15.4. The molecule has 0 bridgehead atoms. The Hall–Kier alpha value is -2.84. The van der Waals surface area contributed by atoms with Gasteiger partial charge in [-0.2, -0.15) is 0 Å². The molecule has 170 valence electrons. The standard InChI is InChI=1S/C25H20Br2O6/c1-10-7-17(28)12(3)21(26)19(10)25(20-11(2)8-18(29)13(4)22(20)27)16-6-5-14(23(30)31)9-15(16)24(32)33-25/h5-9,28-29H,1-4H3,(H,30,31). The highest BCUT2D eigenvalue weighted by Gasteiger charge is 2.52. The zero-order valence-electron chi connectivity index (χ0n) is 18.2. The molecule has 0 fully saturated rings. The number of carboxylic acids is 1. The van der Waals surface area contributed by atoms with E-state index in [2.05, 4.69) is 31.9 Å².